The maximum absolute atomic E-state index is 13.5. The number of likely N-dealkylation sites (N-methyl/N-ethyl adjacent to an activating group) is 1. The van der Waals surface area contributed by atoms with Crippen LogP contribution in [0, 0.1) is 11.7 Å². The Morgan fingerprint density at radius 1 is 1.11 bits per heavy atom. The molecule has 0 bridgehead atoms. The van der Waals surface area contributed by atoms with E-state index >= 15 is 0 Å². The van der Waals surface area contributed by atoms with E-state index in [4.69, 9.17) is 31.3 Å². The van der Waals surface area contributed by atoms with Crippen LogP contribution >= 0.6 is 22.9 Å². The molecule has 0 saturated carbocycles. The first-order valence-electron chi connectivity index (χ1n) is 16.7. The van der Waals surface area contributed by atoms with Crippen LogP contribution in [-0.2, 0) is 35.6 Å². The van der Waals surface area contributed by atoms with Gasteiger partial charge in [0.05, 0.1) is 22.6 Å². The first-order chi connectivity index (χ1) is 25.2. The van der Waals surface area contributed by atoms with Crippen LogP contribution in [-0.4, -0.2) is 86.4 Å². The number of fused-ring (bicyclic) bond motifs is 5. The van der Waals surface area contributed by atoms with Gasteiger partial charge in [0.15, 0.2) is 0 Å². The van der Waals surface area contributed by atoms with E-state index in [0.717, 1.165) is 78.3 Å². The van der Waals surface area contributed by atoms with Gasteiger partial charge in [0, 0.05) is 42.0 Å². The molecule has 2 aliphatic rings. The third-order valence-electron chi connectivity index (χ3n) is 8.87. The van der Waals surface area contributed by atoms with Crippen LogP contribution in [0.4, 0.5) is 29.1 Å². The van der Waals surface area contributed by atoms with Gasteiger partial charge in [-0.1, -0.05) is 23.7 Å². The average Bonchev–Trinajstić information content (AvgIpc) is 3.69. The summed E-state index contributed by atoms with van der Waals surface area (Å²) in [5, 5.41) is 17.0. The van der Waals surface area contributed by atoms with Crippen molar-refractivity contribution in [3.63, 3.8) is 0 Å². The van der Waals surface area contributed by atoms with Crippen molar-refractivity contribution in [3.8, 4) is 16.2 Å². The van der Waals surface area contributed by atoms with Crippen molar-refractivity contribution in [1.82, 2.24) is 29.5 Å². The van der Waals surface area contributed by atoms with Gasteiger partial charge in [0.25, 0.3) is 0 Å². The monoisotopic (exact) mass is 773 g/mol. The first kappa shape index (κ1) is 37.9. The van der Waals surface area contributed by atoms with Crippen molar-refractivity contribution in [1.29, 1.82) is 0 Å². The number of aliphatic carboxylic acids is 1. The van der Waals surface area contributed by atoms with Gasteiger partial charge in [-0.25, -0.2) is 19.2 Å². The molecule has 1 aliphatic heterocycles. The number of carboxylic acid groups (broad SMARTS) is 1. The van der Waals surface area contributed by atoms with Crippen molar-refractivity contribution >= 4 is 56.5 Å². The number of nitrogens with zero attached hydrogens (tertiary/aromatic N) is 6. The van der Waals surface area contributed by atoms with E-state index in [-0.39, 0.29) is 18.3 Å². The largest absolute Gasteiger partial charge is 0.490 e. The average molecular weight is 774 g/mol. The first-order valence-corrected chi connectivity index (χ1v) is 17.9. The normalized spacial score (nSPS) is 14.4. The Labute approximate surface area is 311 Å². The van der Waals surface area contributed by atoms with Crippen LogP contribution in [0.2, 0.25) is 5.02 Å². The Morgan fingerprint density at radius 3 is 2.55 bits per heavy atom. The molecule has 1 fully saturated rings. The molecule has 53 heavy (non-hydrogen) atoms. The number of aryl methyl sites for hydroxylation is 2. The molecule has 2 N–H and O–H groups in total. The zero-order valence-corrected chi connectivity index (χ0v) is 30.4. The highest BCUT2D eigenvalue weighted by Gasteiger charge is 2.38. The fourth-order valence-corrected chi connectivity index (χ4v) is 7.79. The molecule has 0 atom stereocenters. The number of hydrogen-bond donors (Lipinski definition) is 2. The summed E-state index contributed by atoms with van der Waals surface area (Å²) in [6, 6.07) is 11.8. The number of benzene rings is 2. The summed E-state index contributed by atoms with van der Waals surface area (Å²) in [6.45, 7) is 3.15. The SMILES string of the molecule is CN(C)CC(=O)N1CCC(Cn2cc3c(n2)CCc2c-3sc3ncnc(Nc4ccc(OCc5cccc(F)c5)c(Cl)c4)c23)CC1.O=C(O)C(F)(F)F. The summed E-state index contributed by atoms with van der Waals surface area (Å²) in [5.41, 5.74) is 5.05. The van der Waals surface area contributed by atoms with E-state index in [1.54, 1.807) is 35.9 Å². The number of amides is 1. The van der Waals surface area contributed by atoms with Gasteiger partial charge < -0.3 is 25.0 Å². The summed E-state index contributed by atoms with van der Waals surface area (Å²) >= 11 is 8.26. The van der Waals surface area contributed by atoms with Crippen LogP contribution < -0.4 is 10.1 Å². The Bertz CT molecular complexity index is 2120. The number of piperidine rings is 1. The molecule has 17 heteroatoms. The highest BCUT2D eigenvalue weighted by molar-refractivity contribution is 7.22. The molecule has 0 spiro atoms. The number of rotatable bonds is 9. The molecule has 5 aromatic rings. The number of ether oxygens (including phenoxy) is 1. The summed E-state index contributed by atoms with van der Waals surface area (Å²) < 4.78 is 53.2. The maximum Gasteiger partial charge on any atom is 0.490 e. The molecular formula is C36H36ClF4N7O4S. The van der Waals surface area contributed by atoms with E-state index in [1.165, 1.54) is 28.1 Å². The van der Waals surface area contributed by atoms with Crippen molar-refractivity contribution in [2.75, 3.05) is 39.0 Å². The molecule has 0 unspecified atom stereocenters. The minimum absolute atomic E-state index is 0.207. The number of anilines is 2. The lowest BCUT2D eigenvalue weighted by molar-refractivity contribution is -0.192. The number of hydrogen-bond acceptors (Lipinski definition) is 9. The zero-order valence-electron chi connectivity index (χ0n) is 28.8. The predicted molar refractivity (Wildman–Crippen MR) is 193 cm³/mol. The van der Waals surface area contributed by atoms with E-state index in [9.17, 15) is 22.4 Å². The van der Waals surface area contributed by atoms with Gasteiger partial charge in [-0.2, -0.15) is 18.3 Å². The molecular weight excluding hydrogens is 738 g/mol. The quantitative estimate of drug-likeness (QED) is 0.150. The van der Waals surface area contributed by atoms with E-state index < -0.39 is 12.1 Å². The van der Waals surface area contributed by atoms with Gasteiger partial charge in [-0.05, 0) is 87.2 Å². The topological polar surface area (TPSA) is 126 Å². The molecule has 0 radical (unpaired) electrons. The lowest BCUT2D eigenvalue weighted by Gasteiger charge is -2.32. The molecule has 7 rings (SSSR count). The number of likely N-dealkylation sites (tertiary alicyclic amines) is 1. The maximum atomic E-state index is 13.5. The van der Waals surface area contributed by atoms with Gasteiger partial charge in [-0.15, -0.1) is 11.3 Å². The number of alkyl halides is 3. The smallest absolute Gasteiger partial charge is 0.487 e. The summed E-state index contributed by atoms with van der Waals surface area (Å²) in [7, 11) is 3.86. The number of halogens is 5. The number of carbonyl (C=O) groups excluding carboxylic acids is 1. The number of thiophene rings is 1. The number of carboxylic acids is 1. The van der Waals surface area contributed by atoms with Crippen molar-refractivity contribution in [3.05, 3.63) is 82.6 Å². The number of nitrogens with one attached hydrogen (secondary N) is 1. The molecule has 1 saturated heterocycles. The molecule has 2 aromatic carbocycles. The van der Waals surface area contributed by atoms with E-state index in [2.05, 4.69) is 26.2 Å². The van der Waals surface area contributed by atoms with E-state index in [0.29, 0.717) is 23.2 Å². The second-order valence-electron chi connectivity index (χ2n) is 13.1. The Hall–Kier alpha value is -4.80. The predicted octanol–water partition coefficient (Wildman–Crippen LogP) is 7.20. The van der Waals surface area contributed by atoms with Crippen LogP contribution in [0.5, 0.6) is 5.75 Å². The zero-order chi connectivity index (χ0) is 37.9. The van der Waals surface area contributed by atoms with Crippen LogP contribution in [0.25, 0.3) is 20.7 Å². The minimum atomic E-state index is -5.08. The van der Waals surface area contributed by atoms with Gasteiger partial charge >= 0.3 is 12.1 Å². The fraction of sp³-hybridized carbons (Fsp3) is 0.361. The summed E-state index contributed by atoms with van der Waals surface area (Å²) in [6.07, 6.45) is 2.40. The van der Waals surface area contributed by atoms with E-state index in [1.807, 2.05) is 36.0 Å². The lowest BCUT2D eigenvalue weighted by Crippen LogP contribution is -2.43. The summed E-state index contributed by atoms with van der Waals surface area (Å²) in [4.78, 5) is 36.7. The van der Waals surface area contributed by atoms with Gasteiger partial charge in [-0.3, -0.25) is 9.48 Å². The van der Waals surface area contributed by atoms with Crippen molar-refractivity contribution < 1.29 is 37.0 Å². The highest BCUT2D eigenvalue weighted by atomic mass is 35.5. The Balaban J connectivity index is 0.000000626. The van der Waals surface area contributed by atoms with Crippen LogP contribution in [0.15, 0.2) is 55.0 Å². The van der Waals surface area contributed by atoms with Crippen molar-refractivity contribution in [2.24, 2.45) is 5.92 Å². The number of carbonyl (C=O) groups is 2. The minimum Gasteiger partial charge on any atom is -0.487 e. The summed E-state index contributed by atoms with van der Waals surface area (Å²) in [5.74, 6) is -1.10. The Kier molecular flexibility index (Phi) is 11.5. The lowest BCUT2D eigenvalue weighted by atomic mass is 9.95. The third kappa shape index (κ3) is 9.23. The van der Waals surface area contributed by atoms with Crippen LogP contribution in [0.1, 0.15) is 29.7 Å². The molecule has 1 amide bonds. The molecule has 4 heterocycles. The molecule has 280 valence electrons. The Morgan fingerprint density at radius 2 is 1.87 bits per heavy atom. The third-order valence-corrected chi connectivity index (χ3v) is 10.3. The standard InChI is InChI=1S/C34H35ClFN7O2S.C2HF3O2/c1-41(2)18-30(44)42-12-10-21(11-13-42)16-43-17-26-28(40-43)8-7-25-31-33(37-20-38-34(31)46-32(25)26)39-24-6-9-29(27(35)15-24)45-19-22-4-3-5-23(36)14-22;3-2(4,5)1(6)7/h3-6,9,14-15,17,20-21H,7-8,10-13,16,18-19H2,1-2H3,(H,37,38,39);(H,6,7). The highest BCUT2D eigenvalue weighted by Crippen LogP contribution is 2.45. The van der Waals surface area contributed by atoms with Crippen molar-refractivity contribution in [2.45, 2.75) is 45.0 Å². The molecule has 1 aliphatic carbocycles. The molecule has 11 nitrogen and oxygen atoms in total. The molecule has 3 aromatic heterocycles. The second-order valence-corrected chi connectivity index (χ2v) is 14.5. The fourth-order valence-electron chi connectivity index (χ4n) is 6.33. The van der Waals surface area contributed by atoms with Gasteiger partial charge in [0.1, 0.15) is 35.1 Å². The number of aromatic nitrogens is 4. The van der Waals surface area contributed by atoms with Crippen LogP contribution in [0.3, 0.4) is 0 Å². The second kappa shape index (κ2) is 16.1. The van der Waals surface area contributed by atoms with Gasteiger partial charge in [0.2, 0.25) is 5.91 Å².